The molecule has 1 aromatic carbocycles. The highest BCUT2D eigenvalue weighted by molar-refractivity contribution is 5.99. The van der Waals surface area contributed by atoms with Crippen LogP contribution in [0.3, 0.4) is 0 Å². The van der Waals surface area contributed by atoms with Crippen molar-refractivity contribution < 1.29 is 9.59 Å². The van der Waals surface area contributed by atoms with Gasteiger partial charge in [0, 0.05) is 43.5 Å². The molecular weight excluding hydrogens is 304 g/mol. The van der Waals surface area contributed by atoms with Gasteiger partial charge in [-0.3, -0.25) is 9.59 Å². The topological polar surface area (TPSA) is 76.0 Å². The highest BCUT2D eigenvalue weighted by Crippen LogP contribution is 2.19. The maximum Gasteiger partial charge on any atom is 0.237 e. The van der Waals surface area contributed by atoms with E-state index in [0.717, 1.165) is 13.0 Å². The normalized spacial score (nSPS) is 20.0. The summed E-state index contributed by atoms with van der Waals surface area (Å²) < 4.78 is 1.98. The van der Waals surface area contributed by atoms with Gasteiger partial charge in [0.05, 0.1) is 12.4 Å². The summed E-state index contributed by atoms with van der Waals surface area (Å²) in [6.07, 6.45) is 6.81. The molecule has 2 N–H and O–H groups in total. The molecule has 1 fully saturated rings. The van der Waals surface area contributed by atoms with E-state index in [2.05, 4.69) is 15.6 Å². The second-order valence-corrected chi connectivity index (χ2v) is 6.07. The summed E-state index contributed by atoms with van der Waals surface area (Å²) in [4.78, 5) is 28.6. The molecule has 0 saturated carbocycles. The Morgan fingerprint density at radius 2 is 2.12 bits per heavy atom. The van der Waals surface area contributed by atoms with Gasteiger partial charge in [-0.15, -0.1) is 0 Å². The van der Waals surface area contributed by atoms with Crippen LogP contribution >= 0.6 is 0 Å². The number of aryl methyl sites for hydroxylation is 1. The van der Waals surface area contributed by atoms with Gasteiger partial charge < -0.3 is 15.2 Å². The van der Waals surface area contributed by atoms with Crippen LogP contribution in [0.2, 0.25) is 0 Å². The number of carbonyl (C=O) groups is 2. The maximum atomic E-state index is 12.4. The Kier molecular flexibility index (Phi) is 5.38. The number of nitrogens with zero attached hydrogens (tertiary/aromatic N) is 2. The van der Waals surface area contributed by atoms with E-state index >= 15 is 0 Å². The van der Waals surface area contributed by atoms with E-state index in [1.54, 1.807) is 12.5 Å². The molecule has 1 amide bonds. The lowest BCUT2D eigenvalue weighted by atomic mass is 9.95. The van der Waals surface area contributed by atoms with Crippen molar-refractivity contribution in [2.24, 2.45) is 5.92 Å². The minimum absolute atomic E-state index is 0.0241. The standard InChI is InChI=1S/C18H22N4O2/c23-17(14-5-2-1-3-6-14)15-11-16(21-12-15)18(24)20-7-4-9-22-10-8-19-13-22/h1-3,5-6,8,10,13,15-16,21H,4,7,9,11-12H2,(H,20,24). The first kappa shape index (κ1) is 16.4. The summed E-state index contributed by atoms with van der Waals surface area (Å²) in [6.45, 7) is 2.00. The maximum absolute atomic E-state index is 12.4. The molecule has 2 atom stereocenters. The number of carbonyl (C=O) groups excluding carboxylic acids is 2. The molecule has 6 nitrogen and oxygen atoms in total. The monoisotopic (exact) mass is 326 g/mol. The molecule has 6 heteroatoms. The summed E-state index contributed by atoms with van der Waals surface area (Å²) in [5, 5.41) is 6.10. The lowest BCUT2D eigenvalue weighted by molar-refractivity contribution is -0.122. The van der Waals surface area contributed by atoms with E-state index in [1.807, 2.05) is 41.1 Å². The number of Topliss-reactive ketones (excluding diaryl/α,β-unsaturated/α-hetero) is 1. The lowest BCUT2D eigenvalue weighted by Gasteiger charge is -2.11. The van der Waals surface area contributed by atoms with Gasteiger partial charge in [0.2, 0.25) is 5.91 Å². The van der Waals surface area contributed by atoms with Crippen molar-refractivity contribution in [3.63, 3.8) is 0 Å². The molecule has 0 spiro atoms. The Hall–Kier alpha value is -2.47. The van der Waals surface area contributed by atoms with Gasteiger partial charge in [0.25, 0.3) is 0 Å². The van der Waals surface area contributed by atoms with Gasteiger partial charge >= 0.3 is 0 Å². The third kappa shape index (κ3) is 4.08. The summed E-state index contributed by atoms with van der Waals surface area (Å²) in [7, 11) is 0. The summed E-state index contributed by atoms with van der Waals surface area (Å²) in [5.41, 5.74) is 0.714. The van der Waals surface area contributed by atoms with Crippen LogP contribution < -0.4 is 10.6 Å². The lowest BCUT2D eigenvalue weighted by Crippen LogP contribution is -2.40. The zero-order chi connectivity index (χ0) is 16.8. The van der Waals surface area contributed by atoms with E-state index < -0.39 is 0 Å². The zero-order valence-electron chi connectivity index (χ0n) is 13.5. The van der Waals surface area contributed by atoms with Crippen LogP contribution in [-0.2, 0) is 11.3 Å². The van der Waals surface area contributed by atoms with Crippen molar-refractivity contribution in [3.05, 3.63) is 54.6 Å². The van der Waals surface area contributed by atoms with Crippen molar-refractivity contribution in [1.29, 1.82) is 0 Å². The van der Waals surface area contributed by atoms with Crippen molar-refractivity contribution in [3.8, 4) is 0 Å². The van der Waals surface area contributed by atoms with Gasteiger partial charge in [-0.05, 0) is 12.8 Å². The molecule has 0 radical (unpaired) electrons. The molecule has 1 aromatic heterocycles. The number of benzene rings is 1. The van der Waals surface area contributed by atoms with Gasteiger partial charge in [0.1, 0.15) is 0 Å². The van der Waals surface area contributed by atoms with Gasteiger partial charge in [-0.2, -0.15) is 0 Å². The minimum Gasteiger partial charge on any atom is -0.355 e. The zero-order valence-corrected chi connectivity index (χ0v) is 13.5. The number of rotatable bonds is 7. The van der Waals surface area contributed by atoms with Gasteiger partial charge in [0.15, 0.2) is 5.78 Å². The van der Waals surface area contributed by atoms with Crippen molar-refractivity contribution in [2.45, 2.75) is 25.4 Å². The molecule has 126 valence electrons. The fourth-order valence-corrected chi connectivity index (χ4v) is 2.99. The molecule has 2 aromatic rings. The second kappa shape index (κ2) is 7.88. The molecule has 0 aliphatic carbocycles. The fourth-order valence-electron chi connectivity index (χ4n) is 2.99. The number of imidazole rings is 1. The number of hydrogen-bond acceptors (Lipinski definition) is 4. The fraction of sp³-hybridized carbons (Fsp3) is 0.389. The van der Waals surface area contributed by atoms with Crippen LogP contribution in [0.1, 0.15) is 23.2 Å². The van der Waals surface area contributed by atoms with Crippen LogP contribution in [0.4, 0.5) is 0 Å². The molecule has 3 rings (SSSR count). The van der Waals surface area contributed by atoms with E-state index in [4.69, 9.17) is 0 Å². The first-order valence-electron chi connectivity index (χ1n) is 8.30. The molecular formula is C18H22N4O2. The van der Waals surface area contributed by atoms with Crippen LogP contribution in [0.5, 0.6) is 0 Å². The highest BCUT2D eigenvalue weighted by Gasteiger charge is 2.33. The van der Waals surface area contributed by atoms with Crippen LogP contribution in [0.25, 0.3) is 0 Å². The van der Waals surface area contributed by atoms with E-state index in [1.165, 1.54) is 0 Å². The average molecular weight is 326 g/mol. The first-order valence-corrected chi connectivity index (χ1v) is 8.30. The molecule has 2 heterocycles. The van der Waals surface area contributed by atoms with E-state index in [-0.39, 0.29) is 23.7 Å². The van der Waals surface area contributed by atoms with Crippen molar-refractivity contribution >= 4 is 11.7 Å². The van der Waals surface area contributed by atoms with E-state index in [0.29, 0.717) is 25.1 Å². The Bertz CT molecular complexity index is 670. The Balaban J connectivity index is 1.41. The molecule has 1 aliphatic heterocycles. The van der Waals surface area contributed by atoms with E-state index in [9.17, 15) is 9.59 Å². The van der Waals surface area contributed by atoms with Crippen molar-refractivity contribution in [2.75, 3.05) is 13.1 Å². The Morgan fingerprint density at radius 3 is 2.88 bits per heavy atom. The third-order valence-corrected chi connectivity index (χ3v) is 4.33. The van der Waals surface area contributed by atoms with Gasteiger partial charge in [-0.25, -0.2) is 4.98 Å². The summed E-state index contributed by atoms with van der Waals surface area (Å²) >= 11 is 0. The SMILES string of the molecule is O=C(c1ccccc1)C1CNC(C(=O)NCCCn2ccnc2)C1. The number of aromatic nitrogens is 2. The molecule has 0 bridgehead atoms. The largest absolute Gasteiger partial charge is 0.355 e. The first-order chi connectivity index (χ1) is 11.7. The van der Waals surface area contributed by atoms with Crippen LogP contribution in [-0.4, -0.2) is 40.4 Å². The Labute approximate surface area is 141 Å². The second-order valence-electron chi connectivity index (χ2n) is 6.07. The van der Waals surface area contributed by atoms with Gasteiger partial charge in [-0.1, -0.05) is 30.3 Å². The quantitative estimate of drug-likeness (QED) is 0.593. The van der Waals surface area contributed by atoms with Crippen LogP contribution in [0, 0.1) is 5.92 Å². The highest BCUT2D eigenvalue weighted by atomic mass is 16.2. The average Bonchev–Trinajstić information content (AvgIpc) is 3.30. The molecule has 1 saturated heterocycles. The number of amides is 1. The predicted octanol–water partition coefficient (Wildman–Crippen LogP) is 1.25. The number of ketones is 1. The van der Waals surface area contributed by atoms with Crippen LogP contribution in [0.15, 0.2) is 49.1 Å². The number of nitrogens with one attached hydrogen (secondary N) is 2. The molecule has 24 heavy (non-hydrogen) atoms. The Morgan fingerprint density at radius 1 is 1.29 bits per heavy atom. The van der Waals surface area contributed by atoms with Crippen molar-refractivity contribution in [1.82, 2.24) is 20.2 Å². The third-order valence-electron chi connectivity index (χ3n) is 4.33. The molecule has 1 aliphatic rings. The minimum atomic E-state index is -0.282. The molecule has 2 unspecified atom stereocenters. The summed E-state index contributed by atoms with van der Waals surface area (Å²) in [6, 6.07) is 8.98. The number of hydrogen-bond donors (Lipinski definition) is 2. The smallest absolute Gasteiger partial charge is 0.237 e. The predicted molar refractivity (Wildman–Crippen MR) is 90.5 cm³/mol. The summed E-state index contributed by atoms with van der Waals surface area (Å²) in [5.74, 6) is -0.0448.